The van der Waals surface area contributed by atoms with Crippen molar-refractivity contribution < 1.29 is 9.90 Å². The van der Waals surface area contributed by atoms with Gasteiger partial charge in [-0.25, -0.2) is 0 Å². The molecule has 0 heterocycles. The van der Waals surface area contributed by atoms with Crippen LogP contribution in [0.15, 0.2) is 24.3 Å². The molecule has 1 atom stereocenters. The molecule has 2 rings (SSSR count). The topological polar surface area (TPSA) is 49.3 Å². The zero-order valence-corrected chi connectivity index (χ0v) is 13.9. The summed E-state index contributed by atoms with van der Waals surface area (Å²) in [6.07, 6.45) is 2.05. The Morgan fingerprint density at radius 3 is 2.71 bits per heavy atom. The van der Waals surface area contributed by atoms with Gasteiger partial charge in [0.05, 0.1) is 0 Å². The molecule has 4 heteroatoms. The fraction of sp³-hybridized carbons (Fsp3) is 0.588. The Kier molecular flexibility index (Phi) is 5.33. The molecule has 3 nitrogen and oxygen atoms in total. The van der Waals surface area contributed by atoms with Crippen molar-refractivity contribution >= 4 is 17.7 Å². The lowest BCUT2D eigenvalue weighted by molar-refractivity contribution is -0.145. The first kappa shape index (κ1) is 16.4. The first-order chi connectivity index (χ1) is 9.94. The molecule has 1 saturated carbocycles. The molecule has 2 N–H and O–H groups in total. The number of aryl methyl sites for hydroxylation is 1. The molecular formula is C17H25NO2S. The van der Waals surface area contributed by atoms with Gasteiger partial charge < -0.3 is 5.11 Å². The first-order valence-electron chi connectivity index (χ1n) is 7.58. The van der Waals surface area contributed by atoms with Crippen LogP contribution in [0.2, 0.25) is 0 Å². The van der Waals surface area contributed by atoms with Crippen molar-refractivity contribution in [2.75, 3.05) is 5.75 Å². The van der Waals surface area contributed by atoms with E-state index in [1.54, 1.807) is 11.8 Å². The van der Waals surface area contributed by atoms with Crippen LogP contribution in [0.25, 0.3) is 0 Å². The van der Waals surface area contributed by atoms with E-state index in [4.69, 9.17) is 0 Å². The van der Waals surface area contributed by atoms with E-state index in [9.17, 15) is 9.90 Å². The molecule has 0 aromatic heterocycles. The minimum atomic E-state index is -0.761. The predicted molar refractivity (Wildman–Crippen MR) is 88.7 cm³/mol. The van der Waals surface area contributed by atoms with Crippen LogP contribution in [0.4, 0.5) is 0 Å². The number of carbonyl (C=O) groups is 1. The van der Waals surface area contributed by atoms with Crippen LogP contribution < -0.4 is 5.32 Å². The normalized spacial score (nSPS) is 17.7. The fourth-order valence-electron chi connectivity index (χ4n) is 2.80. The van der Waals surface area contributed by atoms with E-state index in [2.05, 4.69) is 36.5 Å². The largest absolute Gasteiger partial charge is 0.480 e. The van der Waals surface area contributed by atoms with Gasteiger partial charge in [-0.3, -0.25) is 10.1 Å². The quantitative estimate of drug-likeness (QED) is 0.772. The Hall–Kier alpha value is -1.00. The Morgan fingerprint density at radius 2 is 2.19 bits per heavy atom. The number of benzene rings is 1. The van der Waals surface area contributed by atoms with Gasteiger partial charge in [0, 0.05) is 17.5 Å². The lowest BCUT2D eigenvalue weighted by atomic mass is 9.94. The Bertz CT molecular complexity index is 499. The van der Waals surface area contributed by atoms with Crippen molar-refractivity contribution in [3.8, 4) is 0 Å². The molecule has 0 bridgehead atoms. The SMILES string of the molecule is Cc1cccc(CSCC(NC(C)C)(C(=O)O)C2CC2)c1. The number of rotatable bonds is 8. The minimum absolute atomic E-state index is 0.182. The zero-order valence-electron chi connectivity index (χ0n) is 13.1. The highest BCUT2D eigenvalue weighted by atomic mass is 32.2. The van der Waals surface area contributed by atoms with Gasteiger partial charge in [-0.15, -0.1) is 0 Å². The molecule has 1 aliphatic rings. The first-order valence-corrected chi connectivity index (χ1v) is 8.74. The number of thioether (sulfide) groups is 1. The van der Waals surface area contributed by atoms with E-state index in [1.807, 2.05) is 13.8 Å². The minimum Gasteiger partial charge on any atom is -0.480 e. The van der Waals surface area contributed by atoms with Crippen LogP contribution in [0.5, 0.6) is 0 Å². The summed E-state index contributed by atoms with van der Waals surface area (Å²) < 4.78 is 0. The molecule has 116 valence electrons. The Labute approximate surface area is 131 Å². The van der Waals surface area contributed by atoms with Gasteiger partial charge in [-0.05, 0) is 45.1 Å². The molecule has 0 amide bonds. The van der Waals surface area contributed by atoms with E-state index in [-0.39, 0.29) is 12.0 Å². The number of hydrogen-bond acceptors (Lipinski definition) is 3. The summed E-state index contributed by atoms with van der Waals surface area (Å²) in [6.45, 7) is 6.12. The highest BCUT2D eigenvalue weighted by molar-refractivity contribution is 7.98. The fourth-order valence-corrected chi connectivity index (χ4v) is 4.08. The molecule has 0 spiro atoms. The summed E-state index contributed by atoms with van der Waals surface area (Å²) in [5, 5.41) is 13.1. The molecule has 0 saturated heterocycles. The second-order valence-corrected chi connectivity index (χ2v) is 7.32. The molecule has 1 fully saturated rings. The van der Waals surface area contributed by atoms with E-state index in [1.165, 1.54) is 11.1 Å². The van der Waals surface area contributed by atoms with Crippen molar-refractivity contribution in [2.45, 2.75) is 50.9 Å². The third-order valence-electron chi connectivity index (χ3n) is 3.88. The number of carboxylic acid groups (broad SMARTS) is 1. The summed E-state index contributed by atoms with van der Waals surface area (Å²) in [4.78, 5) is 11.9. The van der Waals surface area contributed by atoms with Crippen molar-refractivity contribution in [2.24, 2.45) is 5.92 Å². The summed E-state index contributed by atoms with van der Waals surface area (Å²) in [5.74, 6) is 1.07. The molecule has 21 heavy (non-hydrogen) atoms. The van der Waals surface area contributed by atoms with E-state index in [0.29, 0.717) is 5.75 Å². The highest BCUT2D eigenvalue weighted by Crippen LogP contribution is 2.42. The molecule has 0 radical (unpaired) electrons. The number of nitrogens with one attached hydrogen (secondary N) is 1. The van der Waals surface area contributed by atoms with Crippen LogP contribution >= 0.6 is 11.8 Å². The van der Waals surface area contributed by atoms with E-state index >= 15 is 0 Å². The van der Waals surface area contributed by atoms with Gasteiger partial charge >= 0.3 is 5.97 Å². The third-order valence-corrected chi connectivity index (χ3v) is 5.08. The monoisotopic (exact) mass is 307 g/mol. The lowest BCUT2D eigenvalue weighted by Crippen LogP contribution is -2.58. The maximum atomic E-state index is 11.9. The van der Waals surface area contributed by atoms with Gasteiger partial charge in [0.2, 0.25) is 0 Å². The summed E-state index contributed by atoms with van der Waals surface area (Å²) in [6, 6.07) is 8.60. The molecular weight excluding hydrogens is 282 g/mol. The van der Waals surface area contributed by atoms with Crippen molar-refractivity contribution in [1.82, 2.24) is 5.32 Å². The third kappa shape index (κ3) is 4.24. The zero-order chi connectivity index (χ0) is 15.5. The van der Waals surface area contributed by atoms with E-state index in [0.717, 1.165) is 18.6 Å². The maximum Gasteiger partial charge on any atom is 0.325 e. The Morgan fingerprint density at radius 1 is 1.48 bits per heavy atom. The van der Waals surface area contributed by atoms with Gasteiger partial charge in [-0.1, -0.05) is 29.8 Å². The van der Waals surface area contributed by atoms with Crippen molar-refractivity contribution in [3.05, 3.63) is 35.4 Å². The van der Waals surface area contributed by atoms with Crippen LogP contribution in [0.3, 0.4) is 0 Å². The summed E-state index contributed by atoms with van der Waals surface area (Å²) >= 11 is 1.72. The van der Waals surface area contributed by atoms with E-state index < -0.39 is 11.5 Å². The average Bonchev–Trinajstić information content (AvgIpc) is 3.21. The van der Waals surface area contributed by atoms with Crippen molar-refractivity contribution in [1.29, 1.82) is 0 Å². The summed E-state index contributed by atoms with van der Waals surface area (Å²) in [5.41, 5.74) is 1.75. The maximum absolute atomic E-state index is 11.9. The van der Waals surface area contributed by atoms with Gasteiger partial charge in [0.15, 0.2) is 0 Å². The van der Waals surface area contributed by atoms with Crippen LogP contribution in [0, 0.1) is 12.8 Å². The second kappa shape index (κ2) is 6.84. The smallest absolute Gasteiger partial charge is 0.325 e. The standard InChI is InChI=1S/C17H25NO2S/c1-12(2)18-17(16(19)20,15-7-8-15)11-21-10-14-6-4-5-13(3)9-14/h4-6,9,12,15,18H,7-8,10-11H2,1-3H3,(H,19,20). The number of carboxylic acids is 1. The molecule has 0 aliphatic heterocycles. The Balaban J connectivity index is 2.00. The molecule has 1 aliphatic carbocycles. The molecule has 1 aromatic carbocycles. The number of aliphatic carboxylic acids is 1. The predicted octanol–water partition coefficient (Wildman–Crippen LogP) is 3.46. The average molecular weight is 307 g/mol. The van der Waals surface area contributed by atoms with Crippen molar-refractivity contribution in [3.63, 3.8) is 0 Å². The van der Waals surface area contributed by atoms with Crippen LogP contribution in [0.1, 0.15) is 37.8 Å². The highest BCUT2D eigenvalue weighted by Gasteiger charge is 2.51. The number of hydrogen-bond donors (Lipinski definition) is 2. The van der Waals surface area contributed by atoms with Gasteiger partial charge in [0.1, 0.15) is 5.54 Å². The molecule has 1 aromatic rings. The van der Waals surface area contributed by atoms with Gasteiger partial charge in [-0.2, -0.15) is 11.8 Å². The van der Waals surface area contributed by atoms with Crippen LogP contribution in [-0.2, 0) is 10.5 Å². The summed E-state index contributed by atoms with van der Waals surface area (Å²) in [7, 11) is 0. The second-order valence-electron chi connectivity index (χ2n) is 6.33. The molecule has 1 unspecified atom stereocenters. The van der Waals surface area contributed by atoms with Gasteiger partial charge in [0.25, 0.3) is 0 Å². The lowest BCUT2D eigenvalue weighted by Gasteiger charge is -2.32. The van der Waals surface area contributed by atoms with Crippen LogP contribution in [-0.4, -0.2) is 28.4 Å².